The zero-order chi connectivity index (χ0) is 13.0. The van der Waals surface area contributed by atoms with Crippen LogP contribution in [0.25, 0.3) is 0 Å². The summed E-state index contributed by atoms with van der Waals surface area (Å²) in [7, 11) is 1.36. The number of hydrogen-bond acceptors (Lipinski definition) is 3. The van der Waals surface area contributed by atoms with Crippen LogP contribution in [0.1, 0.15) is 10.4 Å². The van der Waals surface area contributed by atoms with Crippen LogP contribution in [0.3, 0.4) is 0 Å². The van der Waals surface area contributed by atoms with E-state index in [4.69, 9.17) is 16.3 Å². The highest BCUT2D eigenvalue weighted by Gasteiger charge is 2.10. The van der Waals surface area contributed by atoms with E-state index >= 15 is 0 Å². The van der Waals surface area contributed by atoms with Crippen molar-refractivity contribution in [1.29, 1.82) is 0 Å². The molecule has 0 bridgehead atoms. The first kappa shape index (κ1) is 12.5. The Balaban J connectivity index is 2.28. The highest BCUT2D eigenvalue weighted by molar-refractivity contribution is 6.30. The second-order valence-electron chi connectivity index (χ2n) is 3.67. The Labute approximate surface area is 110 Å². The van der Waals surface area contributed by atoms with Crippen LogP contribution in [0.15, 0.2) is 48.5 Å². The number of nitrogens with one attached hydrogen (secondary N) is 1. The van der Waals surface area contributed by atoms with Crippen molar-refractivity contribution in [3.63, 3.8) is 0 Å². The van der Waals surface area contributed by atoms with Crippen LogP contribution in [0.2, 0.25) is 5.02 Å². The maximum atomic E-state index is 11.6. The molecule has 0 unspecified atom stereocenters. The lowest BCUT2D eigenvalue weighted by molar-refractivity contribution is 0.0602. The van der Waals surface area contributed by atoms with Crippen molar-refractivity contribution >= 4 is 28.9 Å². The Morgan fingerprint density at radius 2 is 1.78 bits per heavy atom. The Hall–Kier alpha value is -2.00. The standard InChI is InChI=1S/C14H12ClNO2/c1-18-14(17)12-4-2-3-5-13(12)16-11-8-6-10(15)7-9-11/h2-9,16H,1H3. The molecule has 2 rings (SSSR count). The molecule has 0 spiro atoms. The number of ether oxygens (including phenoxy) is 1. The molecule has 0 radical (unpaired) electrons. The molecule has 0 aromatic heterocycles. The van der Waals surface area contributed by atoms with Gasteiger partial charge in [0.2, 0.25) is 0 Å². The van der Waals surface area contributed by atoms with Gasteiger partial charge in [0.05, 0.1) is 18.4 Å². The van der Waals surface area contributed by atoms with Gasteiger partial charge in [-0.25, -0.2) is 4.79 Å². The second-order valence-corrected chi connectivity index (χ2v) is 4.11. The van der Waals surface area contributed by atoms with Crippen LogP contribution < -0.4 is 5.32 Å². The second kappa shape index (κ2) is 5.56. The molecule has 0 saturated heterocycles. The van der Waals surface area contributed by atoms with E-state index in [2.05, 4.69) is 5.32 Å². The Morgan fingerprint density at radius 1 is 1.11 bits per heavy atom. The number of methoxy groups -OCH3 is 1. The molecule has 3 nitrogen and oxygen atoms in total. The molecular formula is C14H12ClNO2. The summed E-state index contributed by atoms with van der Waals surface area (Å²) >= 11 is 5.82. The van der Waals surface area contributed by atoms with Crippen LogP contribution >= 0.6 is 11.6 Å². The van der Waals surface area contributed by atoms with Crippen molar-refractivity contribution in [3.05, 3.63) is 59.1 Å². The minimum Gasteiger partial charge on any atom is -0.465 e. The summed E-state index contributed by atoms with van der Waals surface area (Å²) in [6.07, 6.45) is 0. The third-order valence-corrected chi connectivity index (χ3v) is 2.71. The summed E-state index contributed by atoms with van der Waals surface area (Å²) in [5.74, 6) is -0.368. The Kier molecular flexibility index (Phi) is 3.85. The minimum atomic E-state index is -0.368. The molecular weight excluding hydrogens is 250 g/mol. The maximum Gasteiger partial charge on any atom is 0.339 e. The fourth-order valence-electron chi connectivity index (χ4n) is 1.57. The third-order valence-electron chi connectivity index (χ3n) is 2.46. The lowest BCUT2D eigenvalue weighted by atomic mass is 10.1. The number of benzene rings is 2. The molecule has 0 amide bonds. The van der Waals surface area contributed by atoms with E-state index in [1.807, 2.05) is 24.3 Å². The molecule has 0 fully saturated rings. The number of rotatable bonds is 3. The Bertz CT molecular complexity index is 552. The van der Waals surface area contributed by atoms with Crippen molar-refractivity contribution in [1.82, 2.24) is 0 Å². The fourth-order valence-corrected chi connectivity index (χ4v) is 1.69. The normalized spacial score (nSPS) is 9.89. The topological polar surface area (TPSA) is 38.3 Å². The van der Waals surface area contributed by atoms with E-state index in [0.29, 0.717) is 16.3 Å². The van der Waals surface area contributed by atoms with Gasteiger partial charge in [0.1, 0.15) is 0 Å². The molecule has 0 atom stereocenters. The summed E-state index contributed by atoms with van der Waals surface area (Å²) in [4.78, 5) is 11.6. The molecule has 0 aliphatic rings. The van der Waals surface area contributed by atoms with Gasteiger partial charge < -0.3 is 10.1 Å². The van der Waals surface area contributed by atoms with E-state index in [0.717, 1.165) is 5.69 Å². The summed E-state index contributed by atoms with van der Waals surface area (Å²) in [6, 6.07) is 14.4. The first-order valence-electron chi connectivity index (χ1n) is 5.40. The molecule has 0 saturated carbocycles. The zero-order valence-electron chi connectivity index (χ0n) is 9.81. The minimum absolute atomic E-state index is 0.368. The van der Waals surface area contributed by atoms with E-state index in [9.17, 15) is 4.79 Å². The van der Waals surface area contributed by atoms with Crippen molar-refractivity contribution in [3.8, 4) is 0 Å². The number of para-hydroxylation sites is 1. The van der Waals surface area contributed by atoms with Crippen molar-refractivity contribution in [2.24, 2.45) is 0 Å². The zero-order valence-corrected chi connectivity index (χ0v) is 10.6. The third kappa shape index (κ3) is 2.81. The maximum absolute atomic E-state index is 11.6. The van der Waals surface area contributed by atoms with Crippen LogP contribution in [0.4, 0.5) is 11.4 Å². The van der Waals surface area contributed by atoms with Gasteiger partial charge in [0.15, 0.2) is 0 Å². The molecule has 2 aromatic carbocycles. The van der Waals surface area contributed by atoms with Gasteiger partial charge in [0.25, 0.3) is 0 Å². The summed E-state index contributed by atoms with van der Waals surface area (Å²) in [5, 5.41) is 3.82. The van der Waals surface area contributed by atoms with Crippen LogP contribution in [-0.2, 0) is 4.74 Å². The largest absolute Gasteiger partial charge is 0.465 e. The van der Waals surface area contributed by atoms with Crippen LogP contribution in [-0.4, -0.2) is 13.1 Å². The van der Waals surface area contributed by atoms with E-state index < -0.39 is 0 Å². The van der Waals surface area contributed by atoms with Crippen molar-refractivity contribution in [2.75, 3.05) is 12.4 Å². The van der Waals surface area contributed by atoms with Crippen molar-refractivity contribution in [2.45, 2.75) is 0 Å². The van der Waals surface area contributed by atoms with Gasteiger partial charge in [-0.05, 0) is 36.4 Å². The van der Waals surface area contributed by atoms with Gasteiger partial charge >= 0.3 is 5.97 Å². The smallest absolute Gasteiger partial charge is 0.339 e. The first-order chi connectivity index (χ1) is 8.70. The molecule has 18 heavy (non-hydrogen) atoms. The summed E-state index contributed by atoms with van der Waals surface area (Å²) < 4.78 is 4.73. The highest BCUT2D eigenvalue weighted by atomic mass is 35.5. The first-order valence-corrected chi connectivity index (χ1v) is 5.78. The molecule has 92 valence electrons. The predicted octanol–water partition coefficient (Wildman–Crippen LogP) is 3.87. The monoisotopic (exact) mass is 261 g/mol. The lowest BCUT2D eigenvalue weighted by Crippen LogP contribution is -2.05. The lowest BCUT2D eigenvalue weighted by Gasteiger charge is -2.10. The number of hydrogen-bond donors (Lipinski definition) is 1. The fraction of sp³-hybridized carbons (Fsp3) is 0.0714. The predicted molar refractivity (Wildman–Crippen MR) is 72.5 cm³/mol. The molecule has 0 aliphatic heterocycles. The SMILES string of the molecule is COC(=O)c1ccccc1Nc1ccc(Cl)cc1. The molecule has 1 N–H and O–H groups in total. The highest BCUT2D eigenvalue weighted by Crippen LogP contribution is 2.22. The van der Waals surface area contributed by atoms with Gasteiger partial charge in [-0.1, -0.05) is 23.7 Å². The van der Waals surface area contributed by atoms with Gasteiger partial charge in [-0.3, -0.25) is 0 Å². The van der Waals surface area contributed by atoms with Gasteiger partial charge in [-0.15, -0.1) is 0 Å². The molecule has 0 heterocycles. The molecule has 2 aromatic rings. The Morgan fingerprint density at radius 3 is 2.44 bits per heavy atom. The van der Waals surface area contributed by atoms with E-state index in [1.165, 1.54) is 7.11 Å². The van der Waals surface area contributed by atoms with Crippen molar-refractivity contribution < 1.29 is 9.53 Å². The number of carbonyl (C=O) groups excluding carboxylic acids is 1. The number of anilines is 2. The average Bonchev–Trinajstić information content (AvgIpc) is 2.41. The molecule has 4 heteroatoms. The number of halogens is 1. The number of carbonyl (C=O) groups is 1. The average molecular weight is 262 g/mol. The van der Waals surface area contributed by atoms with E-state index in [1.54, 1.807) is 24.3 Å². The van der Waals surface area contributed by atoms with Crippen LogP contribution in [0.5, 0.6) is 0 Å². The van der Waals surface area contributed by atoms with Gasteiger partial charge in [-0.2, -0.15) is 0 Å². The van der Waals surface area contributed by atoms with Crippen LogP contribution in [0, 0.1) is 0 Å². The quantitative estimate of drug-likeness (QED) is 0.853. The summed E-state index contributed by atoms with van der Waals surface area (Å²) in [6.45, 7) is 0. The number of esters is 1. The summed E-state index contributed by atoms with van der Waals surface area (Å²) in [5.41, 5.74) is 2.05. The molecule has 0 aliphatic carbocycles. The van der Waals surface area contributed by atoms with E-state index in [-0.39, 0.29) is 5.97 Å². The van der Waals surface area contributed by atoms with Gasteiger partial charge in [0, 0.05) is 10.7 Å².